The fourth-order valence-electron chi connectivity index (χ4n) is 2.79. The molecule has 1 unspecified atom stereocenters. The van der Waals surface area contributed by atoms with Crippen molar-refractivity contribution >= 4 is 0 Å². The van der Waals surface area contributed by atoms with Crippen molar-refractivity contribution in [2.24, 2.45) is 0 Å². The Morgan fingerprint density at radius 2 is 1.70 bits per heavy atom. The highest BCUT2D eigenvalue weighted by molar-refractivity contribution is 5.38. The van der Waals surface area contributed by atoms with Crippen LogP contribution in [0, 0.1) is 5.82 Å². The van der Waals surface area contributed by atoms with Gasteiger partial charge in [-0.1, -0.05) is 42.8 Å². The fourth-order valence-corrected chi connectivity index (χ4v) is 2.79. The summed E-state index contributed by atoms with van der Waals surface area (Å²) in [5, 5.41) is 10.8. The molecule has 1 atom stereocenters. The largest absolute Gasteiger partial charge is 0.381 e. The highest BCUT2D eigenvalue weighted by Gasteiger charge is 2.27. The zero-order valence-electron chi connectivity index (χ0n) is 11.6. The second kappa shape index (κ2) is 5.02. The first-order chi connectivity index (χ1) is 9.57. The van der Waals surface area contributed by atoms with E-state index >= 15 is 0 Å². The van der Waals surface area contributed by atoms with Gasteiger partial charge in [0.2, 0.25) is 0 Å². The van der Waals surface area contributed by atoms with E-state index in [-0.39, 0.29) is 5.82 Å². The van der Waals surface area contributed by atoms with Crippen LogP contribution in [-0.2, 0) is 5.60 Å². The third-order valence-electron chi connectivity index (χ3n) is 4.41. The molecule has 0 heterocycles. The van der Waals surface area contributed by atoms with Crippen LogP contribution in [0.5, 0.6) is 0 Å². The smallest absolute Gasteiger partial charge is 0.123 e. The van der Waals surface area contributed by atoms with E-state index in [1.54, 1.807) is 19.1 Å². The summed E-state index contributed by atoms with van der Waals surface area (Å²) in [5.74, 6) is 0.302. The lowest BCUT2D eigenvalue weighted by atomic mass is 9.78. The summed E-state index contributed by atoms with van der Waals surface area (Å²) in [6.45, 7) is 1.72. The normalized spacial score (nSPS) is 18.4. The molecule has 0 saturated heterocycles. The number of rotatable bonds is 3. The number of hydrogen-bond acceptors (Lipinski definition) is 1. The van der Waals surface area contributed by atoms with E-state index in [2.05, 4.69) is 12.1 Å². The van der Waals surface area contributed by atoms with Crippen LogP contribution in [0.2, 0.25) is 0 Å². The molecule has 1 aliphatic rings. The van der Waals surface area contributed by atoms with Gasteiger partial charge in [-0.2, -0.15) is 0 Å². The average Bonchev–Trinajstić information content (AvgIpc) is 2.37. The summed E-state index contributed by atoms with van der Waals surface area (Å²) in [6.07, 6.45) is 3.74. The maximum absolute atomic E-state index is 13.4. The van der Waals surface area contributed by atoms with E-state index in [4.69, 9.17) is 0 Å². The van der Waals surface area contributed by atoms with Gasteiger partial charge in [0, 0.05) is 0 Å². The van der Waals surface area contributed by atoms with Crippen LogP contribution in [0.3, 0.4) is 0 Å². The van der Waals surface area contributed by atoms with Gasteiger partial charge in [-0.25, -0.2) is 4.39 Å². The maximum atomic E-state index is 13.4. The van der Waals surface area contributed by atoms with E-state index in [0.717, 1.165) is 5.56 Å². The van der Waals surface area contributed by atoms with Crippen molar-refractivity contribution in [3.63, 3.8) is 0 Å². The highest BCUT2D eigenvalue weighted by atomic mass is 19.1. The Balaban J connectivity index is 1.98. The quantitative estimate of drug-likeness (QED) is 0.879. The van der Waals surface area contributed by atoms with Crippen LogP contribution in [0.1, 0.15) is 48.8 Å². The van der Waals surface area contributed by atoms with Crippen LogP contribution in [-0.4, -0.2) is 5.11 Å². The molecule has 0 bridgehead atoms. The standard InChI is InChI=1S/C18H19FO/c1-18(20,16-9-4-10-17(19)12-16)15-8-3-7-14(11-15)13-5-2-6-13/h3-4,7-13,20H,2,5-6H2,1H3. The molecule has 20 heavy (non-hydrogen) atoms. The van der Waals surface area contributed by atoms with Gasteiger partial charge in [-0.3, -0.25) is 0 Å². The molecule has 1 N–H and O–H groups in total. The predicted molar refractivity (Wildman–Crippen MR) is 78.1 cm³/mol. The minimum Gasteiger partial charge on any atom is -0.381 e. The van der Waals surface area contributed by atoms with Crippen LogP contribution < -0.4 is 0 Å². The van der Waals surface area contributed by atoms with Gasteiger partial charge in [0.1, 0.15) is 11.4 Å². The third-order valence-corrected chi connectivity index (χ3v) is 4.41. The van der Waals surface area contributed by atoms with E-state index in [1.807, 2.05) is 12.1 Å². The van der Waals surface area contributed by atoms with Gasteiger partial charge in [0.25, 0.3) is 0 Å². The molecule has 0 spiro atoms. The molecule has 1 fully saturated rings. The Labute approximate surface area is 119 Å². The lowest BCUT2D eigenvalue weighted by molar-refractivity contribution is 0.102. The fraction of sp³-hybridized carbons (Fsp3) is 0.333. The summed E-state index contributed by atoms with van der Waals surface area (Å²) in [7, 11) is 0. The molecule has 2 aromatic rings. The zero-order chi connectivity index (χ0) is 14.2. The van der Waals surface area contributed by atoms with E-state index < -0.39 is 5.60 Å². The zero-order valence-corrected chi connectivity index (χ0v) is 11.6. The second-order valence-electron chi connectivity index (χ2n) is 5.84. The summed E-state index contributed by atoms with van der Waals surface area (Å²) < 4.78 is 13.4. The Bertz CT molecular complexity index is 614. The van der Waals surface area contributed by atoms with Crippen molar-refractivity contribution < 1.29 is 9.50 Å². The van der Waals surface area contributed by atoms with Gasteiger partial charge in [0.15, 0.2) is 0 Å². The number of benzene rings is 2. The molecule has 1 nitrogen and oxygen atoms in total. The molecule has 0 aromatic heterocycles. The molecular weight excluding hydrogens is 251 g/mol. The van der Waals surface area contributed by atoms with Gasteiger partial charge in [-0.15, -0.1) is 0 Å². The first-order valence-electron chi connectivity index (χ1n) is 7.16. The topological polar surface area (TPSA) is 20.2 Å². The Morgan fingerprint density at radius 1 is 1.05 bits per heavy atom. The lowest BCUT2D eigenvalue weighted by Gasteiger charge is -2.29. The lowest BCUT2D eigenvalue weighted by Crippen LogP contribution is -2.23. The van der Waals surface area contributed by atoms with E-state index in [0.29, 0.717) is 11.5 Å². The summed E-state index contributed by atoms with van der Waals surface area (Å²) in [5.41, 5.74) is 1.53. The Morgan fingerprint density at radius 3 is 2.30 bits per heavy atom. The minimum absolute atomic E-state index is 0.321. The SMILES string of the molecule is CC(O)(c1cccc(F)c1)c1cccc(C2CCC2)c1. The third kappa shape index (κ3) is 2.36. The molecule has 0 aliphatic heterocycles. The minimum atomic E-state index is -1.16. The number of hydrogen-bond donors (Lipinski definition) is 1. The first kappa shape index (κ1) is 13.3. The molecule has 2 aromatic carbocycles. The first-order valence-corrected chi connectivity index (χ1v) is 7.16. The second-order valence-corrected chi connectivity index (χ2v) is 5.84. The van der Waals surface area contributed by atoms with Crippen LogP contribution in [0.4, 0.5) is 4.39 Å². The Kier molecular flexibility index (Phi) is 3.35. The molecule has 3 rings (SSSR count). The van der Waals surface area contributed by atoms with E-state index in [9.17, 15) is 9.50 Å². The molecule has 1 saturated carbocycles. The van der Waals surface area contributed by atoms with Crippen LogP contribution >= 0.6 is 0 Å². The van der Waals surface area contributed by atoms with E-state index in [1.165, 1.54) is 37.0 Å². The van der Waals surface area contributed by atoms with Gasteiger partial charge in [0.05, 0.1) is 0 Å². The van der Waals surface area contributed by atoms with Crippen molar-refractivity contribution in [1.82, 2.24) is 0 Å². The van der Waals surface area contributed by atoms with Crippen LogP contribution in [0.25, 0.3) is 0 Å². The van der Waals surface area contributed by atoms with Gasteiger partial charge in [-0.05, 0) is 54.5 Å². The summed E-state index contributed by atoms with van der Waals surface area (Å²) >= 11 is 0. The maximum Gasteiger partial charge on any atom is 0.123 e. The number of aliphatic hydroxyl groups is 1. The summed E-state index contributed by atoms with van der Waals surface area (Å²) in [6, 6.07) is 14.3. The van der Waals surface area contributed by atoms with Crippen molar-refractivity contribution in [1.29, 1.82) is 0 Å². The van der Waals surface area contributed by atoms with Crippen molar-refractivity contribution in [2.75, 3.05) is 0 Å². The molecule has 0 radical (unpaired) electrons. The molecule has 2 heteroatoms. The number of halogens is 1. The molecular formula is C18H19FO. The molecule has 1 aliphatic carbocycles. The summed E-state index contributed by atoms with van der Waals surface area (Å²) in [4.78, 5) is 0. The molecule has 104 valence electrons. The van der Waals surface area contributed by atoms with Crippen molar-refractivity contribution in [3.05, 3.63) is 71.0 Å². The monoisotopic (exact) mass is 270 g/mol. The highest BCUT2D eigenvalue weighted by Crippen LogP contribution is 2.38. The van der Waals surface area contributed by atoms with Gasteiger partial charge >= 0.3 is 0 Å². The molecule has 0 amide bonds. The van der Waals surface area contributed by atoms with Crippen molar-refractivity contribution in [2.45, 2.75) is 37.7 Å². The van der Waals surface area contributed by atoms with Crippen molar-refractivity contribution in [3.8, 4) is 0 Å². The van der Waals surface area contributed by atoms with Crippen LogP contribution in [0.15, 0.2) is 48.5 Å². The predicted octanol–water partition coefficient (Wildman–Crippen LogP) is 4.35. The Hall–Kier alpha value is -1.67. The average molecular weight is 270 g/mol. The van der Waals surface area contributed by atoms with Gasteiger partial charge < -0.3 is 5.11 Å².